The zero-order valence-electron chi connectivity index (χ0n) is 9.18. The molecule has 1 N–H and O–H groups in total. The van der Waals surface area contributed by atoms with Crippen LogP contribution < -0.4 is 4.72 Å². The van der Waals surface area contributed by atoms with Crippen LogP contribution in [0.4, 0.5) is 5.69 Å². The van der Waals surface area contributed by atoms with Crippen molar-refractivity contribution in [1.82, 2.24) is 4.72 Å². The lowest BCUT2D eigenvalue weighted by molar-refractivity contribution is -0.384. The molecule has 0 spiro atoms. The molecule has 0 bridgehead atoms. The summed E-state index contributed by atoms with van der Waals surface area (Å²) < 4.78 is 25.5. The number of hydrogen-bond acceptors (Lipinski definition) is 5. The Labute approximate surface area is 108 Å². The maximum Gasteiger partial charge on any atom is 0.289 e. The van der Waals surface area contributed by atoms with Gasteiger partial charge in [-0.25, -0.2) is 8.42 Å². The Morgan fingerprint density at radius 1 is 1.56 bits per heavy atom. The zero-order chi connectivity index (χ0) is 13.9. The van der Waals surface area contributed by atoms with Gasteiger partial charge in [-0.15, -0.1) is 0 Å². The van der Waals surface area contributed by atoms with Crippen LogP contribution in [0.3, 0.4) is 0 Å². The number of nitrogens with zero attached hydrogens (tertiary/aromatic N) is 2. The fourth-order valence-corrected chi connectivity index (χ4v) is 2.72. The highest BCUT2D eigenvalue weighted by atomic mass is 35.5. The molecule has 0 saturated heterocycles. The number of nitriles is 1. The highest BCUT2D eigenvalue weighted by molar-refractivity contribution is 7.89. The van der Waals surface area contributed by atoms with Crippen LogP contribution in [0.25, 0.3) is 0 Å². The molecule has 1 aromatic rings. The fourth-order valence-electron chi connectivity index (χ4n) is 1.28. The van der Waals surface area contributed by atoms with Crippen LogP contribution in [0, 0.1) is 28.4 Å². The second-order valence-electron chi connectivity index (χ2n) is 3.31. The molecule has 0 aliphatic heterocycles. The molecule has 0 amide bonds. The van der Waals surface area contributed by atoms with Gasteiger partial charge in [0.1, 0.15) is 5.02 Å². The first-order valence-electron chi connectivity index (χ1n) is 4.60. The fraction of sp³-hybridized carbons (Fsp3) is 0.222. The van der Waals surface area contributed by atoms with Gasteiger partial charge in [-0.05, 0) is 18.6 Å². The number of nitro groups is 1. The van der Waals surface area contributed by atoms with Crippen LogP contribution in [0.1, 0.15) is 5.56 Å². The van der Waals surface area contributed by atoms with Gasteiger partial charge in [0.15, 0.2) is 0 Å². The number of aryl methyl sites for hydroxylation is 1. The molecule has 0 atom stereocenters. The molecule has 9 heteroatoms. The lowest BCUT2D eigenvalue weighted by Gasteiger charge is -2.07. The summed E-state index contributed by atoms with van der Waals surface area (Å²) in [4.78, 5) is 9.64. The Kier molecular flexibility index (Phi) is 4.24. The number of hydrogen-bond donors (Lipinski definition) is 1. The number of nitrogens with one attached hydrogen (secondary N) is 1. The van der Waals surface area contributed by atoms with Gasteiger partial charge in [-0.2, -0.15) is 9.98 Å². The summed E-state index contributed by atoms with van der Waals surface area (Å²) in [5.74, 6) is 0. The highest BCUT2D eigenvalue weighted by Gasteiger charge is 2.23. The normalized spacial score (nSPS) is 10.9. The van der Waals surface area contributed by atoms with E-state index in [-0.39, 0.29) is 15.5 Å². The molecule has 0 unspecified atom stereocenters. The number of halogens is 1. The smallest absolute Gasteiger partial charge is 0.258 e. The topological polar surface area (TPSA) is 113 Å². The molecule has 7 nitrogen and oxygen atoms in total. The molecule has 0 radical (unpaired) electrons. The van der Waals surface area contributed by atoms with E-state index in [2.05, 4.69) is 0 Å². The largest absolute Gasteiger partial charge is 0.289 e. The average Bonchev–Trinajstić information content (AvgIpc) is 2.25. The Morgan fingerprint density at radius 2 is 2.17 bits per heavy atom. The molecule has 0 aliphatic rings. The Bertz CT molecular complexity index is 636. The van der Waals surface area contributed by atoms with Crippen molar-refractivity contribution in [2.24, 2.45) is 0 Å². The predicted octanol–water partition coefficient (Wildman–Crippen LogP) is 1.36. The van der Waals surface area contributed by atoms with Crippen LogP contribution in [-0.4, -0.2) is 19.9 Å². The van der Waals surface area contributed by atoms with E-state index in [4.69, 9.17) is 16.9 Å². The number of benzene rings is 1. The van der Waals surface area contributed by atoms with Gasteiger partial charge in [-0.3, -0.25) is 10.1 Å². The average molecular weight is 290 g/mol. The van der Waals surface area contributed by atoms with Gasteiger partial charge in [-0.1, -0.05) is 11.6 Å². The van der Waals surface area contributed by atoms with Gasteiger partial charge in [0, 0.05) is 6.07 Å². The summed E-state index contributed by atoms with van der Waals surface area (Å²) in [5, 5.41) is 18.9. The van der Waals surface area contributed by atoms with E-state index in [0.29, 0.717) is 0 Å². The minimum atomic E-state index is -3.96. The Balaban J connectivity index is 3.38. The predicted molar refractivity (Wildman–Crippen MR) is 63.6 cm³/mol. The summed E-state index contributed by atoms with van der Waals surface area (Å²) >= 11 is 5.64. The van der Waals surface area contributed by atoms with Gasteiger partial charge < -0.3 is 0 Å². The maximum absolute atomic E-state index is 11.8. The zero-order valence-corrected chi connectivity index (χ0v) is 10.7. The van der Waals surface area contributed by atoms with Crippen molar-refractivity contribution in [2.75, 3.05) is 6.54 Å². The third-order valence-electron chi connectivity index (χ3n) is 2.07. The summed E-state index contributed by atoms with van der Waals surface area (Å²) in [5.41, 5.74) is -0.240. The minimum Gasteiger partial charge on any atom is -0.258 e. The van der Waals surface area contributed by atoms with Crippen molar-refractivity contribution in [3.05, 3.63) is 32.8 Å². The molecule has 0 aliphatic carbocycles. The summed E-state index contributed by atoms with van der Waals surface area (Å²) in [6, 6.07) is 3.68. The van der Waals surface area contributed by atoms with Crippen LogP contribution in [0.2, 0.25) is 5.02 Å². The summed E-state index contributed by atoms with van der Waals surface area (Å²) in [6.07, 6.45) is 0. The first-order chi connectivity index (χ1) is 8.29. The lowest BCUT2D eigenvalue weighted by atomic mass is 10.2. The number of rotatable bonds is 4. The van der Waals surface area contributed by atoms with E-state index >= 15 is 0 Å². The molecular weight excluding hydrogens is 282 g/mol. The van der Waals surface area contributed by atoms with E-state index in [1.54, 1.807) is 6.07 Å². The first kappa shape index (κ1) is 14.4. The van der Waals surface area contributed by atoms with Gasteiger partial charge in [0.2, 0.25) is 10.0 Å². The van der Waals surface area contributed by atoms with Gasteiger partial charge in [0.05, 0.1) is 22.4 Å². The minimum absolute atomic E-state index is 0.142. The number of nitro benzene ring substituents is 1. The van der Waals surface area contributed by atoms with Crippen LogP contribution in [0.15, 0.2) is 17.0 Å². The van der Waals surface area contributed by atoms with E-state index in [0.717, 1.165) is 6.07 Å². The van der Waals surface area contributed by atoms with E-state index in [1.807, 2.05) is 4.72 Å². The van der Waals surface area contributed by atoms with E-state index < -0.39 is 27.2 Å². The molecular formula is C9H8ClN3O4S. The van der Waals surface area contributed by atoms with Crippen molar-refractivity contribution in [3.8, 4) is 6.07 Å². The monoisotopic (exact) mass is 289 g/mol. The van der Waals surface area contributed by atoms with Crippen molar-refractivity contribution < 1.29 is 13.3 Å². The third kappa shape index (κ3) is 2.95. The maximum atomic E-state index is 11.8. The Hall–Kier alpha value is -1.69. The molecule has 1 aromatic carbocycles. The van der Waals surface area contributed by atoms with Gasteiger partial charge in [0.25, 0.3) is 5.69 Å². The summed E-state index contributed by atoms with van der Waals surface area (Å²) in [7, 11) is -3.96. The van der Waals surface area contributed by atoms with Crippen molar-refractivity contribution in [2.45, 2.75) is 11.8 Å². The molecule has 0 heterocycles. The second kappa shape index (κ2) is 5.30. The summed E-state index contributed by atoms with van der Waals surface area (Å²) in [6.45, 7) is 1.04. The molecule has 96 valence electrons. The Morgan fingerprint density at radius 3 is 2.67 bits per heavy atom. The molecule has 0 aromatic heterocycles. The molecule has 1 rings (SSSR count). The van der Waals surface area contributed by atoms with Crippen LogP contribution in [-0.2, 0) is 10.0 Å². The van der Waals surface area contributed by atoms with Gasteiger partial charge >= 0.3 is 0 Å². The van der Waals surface area contributed by atoms with Crippen LogP contribution in [0.5, 0.6) is 0 Å². The third-order valence-corrected chi connectivity index (χ3v) is 3.92. The van der Waals surface area contributed by atoms with Crippen molar-refractivity contribution in [3.63, 3.8) is 0 Å². The quantitative estimate of drug-likeness (QED) is 0.511. The van der Waals surface area contributed by atoms with E-state index in [1.165, 1.54) is 13.0 Å². The van der Waals surface area contributed by atoms with Crippen molar-refractivity contribution >= 4 is 27.3 Å². The number of sulfonamides is 1. The van der Waals surface area contributed by atoms with Crippen molar-refractivity contribution in [1.29, 1.82) is 5.26 Å². The SMILES string of the molecule is Cc1cc(Cl)c([N+](=O)[O-])cc1S(=O)(=O)NCC#N. The standard InChI is InChI=1S/C9H8ClN3O4S/c1-6-4-7(10)8(13(14)15)5-9(6)18(16,17)12-3-2-11/h4-5,12H,3H2,1H3. The highest BCUT2D eigenvalue weighted by Crippen LogP contribution is 2.29. The lowest BCUT2D eigenvalue weighted by Crippen LogP contribution is -2.24. The molecule has 18 heavy (non-hydrogen) atoms. The molecule has 0 fully saturated rings. The second-order valence-corrected chi connectivity index (χ2v) is 5.45. The molecule has 0 saturated carbocycles. The first-order valence-corrected chi connectivity index (χ1v) is 6.47. The van der Waals surface area contributed by atoms with E-state index in [9.17, 15) is 18.5 Å². The van der Waals surface area contributed by atoms with Crippen LogP contribution >= 0.6 is 11.6 Å².